The summed E-state index contributed by atoms with van der Waals surface area (Å²) in [7, 11) is 0. The standard InChI is InChI=1S/C15H28N2O/c1-13-5-9-16(10-6-13)11-7-15(18)17-8-3-4-14(2)12-17/h13-14H,3-12H2,1-2H3. The molecule has 1 amide bonds. The van der Waals surface area contributed by atoms with Gasteiger partial charge in [-0.25, -0.2) is 0 Å². The molecular weight excluding hydrogens is 224 g/mol. The molecule has 18 heavy (non-hydrogen) atoms. The van der Waals surface area contributed by atoms with Crippen LogP contribution in [0.5, 0.6) is 0 Å². The van der Waals surface area contributed by atoms with Crippen LogP contribution in [-0.2, 0) is 4.79 Å². The molecule has 1 atom stereocenters. The summed E-state index contributed by atoms with van der Waals surface area (Å²) in [6, 6.07) is 0. The molecule has 0 saturated carbocycles. The maximum atomic E-state index is 12.1. The van der Waals surface area contributed by atoms with Gasteiger partial charge in [0, 0.05) is 26.1 Å². The van der Waals surface area contributed by atoms with Crippen molar-refractivity contribution in [3.05, 3.63) is 0 Å². The highest BCUT2D eigenvalue weighted by molar-refractivity contribution is 5.76. The maximum Gasteiger partial charge on any atom is 0.223 e. The van der Waals surface area contributed by atoms with E-state index < -0.39 is 0 Å². The molecule has 3 nitrogen and oxygen atoms in total. The van der Waals surface area contributed by atoms with Crippen LogP contribution in [0.1, 0.15) is 46.0 Å². The summed E-state index contributed by atoms with van der Waals surface area (Å²) < 4.78 is 0. The average molecular weight is 252 g/mol. The molecule has 104 valence electrons. The second-order valence-corrected chi connectivity index (χ2v) is 6.36. The van der Waals surface area contributed by atoms with Crippen molar-refractivity contribution in [2.75, 3.05) is 32.7 Å². The minimum Gasteiger partial charge on any atom is -0.342 e. The zero-order valence-corrected chi connectivity index (χ0v) is 12.0. The highest BCUT2D eigenvalue weighted by Crippen LogP contribution is 2.18. The van der Waals surface area contributed by atoms with E-state index in [2.05, 4.69) is 23.6 Å². The van der Waals surface area contributed by atoms with E-state index in [-0.39, 0.29) is 0 Å². The van der Waals surface area contributed by atoms with Crippen LogP contribution in [0, 0.1) is 11.8 Å². The van der Waals surface area contributed by atoms with E-state index in [1.807, 2.05) is 0 Å². The van der Waals surface area contributed by atoms with Crippen LogP contribution in [0.15, 0.2) is 0 Å². The Morgan fingerprint density at radius 3 is 2.44 bits per heavy atom. The molecule has 3 heteroatoms. The predicted octanol–water partition coefficient (Wildman–Crippen LogP) is 2.37. The number of hydrogen-bond donors (Lipinski definition) is 0. The van der Waals surface area contributed by atoms with Gasteiger partial charge in [0.25, 0.3) is 0 Å². The highest BCUT2D eigenvalue weighted by Gasteiger charge is 2.22. The van der Waals surface area contributed by atoms with E-state index in [1.165, 1.54) is 38.8 Å². The molecule has 2 aliphatic heterocycles. The minimum atomic E-state index is 0.375. The van der Waals surface area contributed by atoms with Crippen molar-refractivity contribution in [2.24, 2.45) is 11.8 Å². The Bertz CT molecular complexity index is 272. The van der Waals surface area contributed by atoms with Gasteiger partial charge in [-0.15, -0.1) is 0 Å². The predicted molar refractivity (Wildman–Crippen MR) is 74.4 cm³/mol. The lowest BCUT2D eigenvalue weighted by molar-refractivity contribution is -0.133. The molecule has 2 aliphatic rings. The van der Waals surface area contributed by atoms with Gasteiger partial charge in [0.1, 0.15) is 0 Å². The Labute approximate surface area is 112 Å². The first kappa shape index (κ1) is 13.9. The number of piperidine rings is 2. The van der Waals surface area contributed by atoms with Crippen LogP contribution in [0.3, 0.4) is 0 Å². The molecule has 2 saturated heterocycles. The molecule has 2 fully saturated rings. The molecule has 1 unspecified atom stereocenters. The lowest BCUT2D eigenvalue weighted by Gasteiger charge is -2.33. The molecule has 0 aromatic heterocycles. The third kappa shape index (κ3) is 3.98. The number of carbonyl (C=O) groups is 1. The number of likely N-dealkylation sites (tertiary alicyclic amines) is 2. The van der Waals surface area contributed by atoms with Crippen LogP contribution in [-0.4, -0.2) is 48.4 Å². The van der Waals surface area contributed by atoms with Gasteiger partial charge in [-0.1, -0.05) is 13.8 Å². The maximum absolute atomic E-state index is 12.1. The second-order valence-electron chi connectivity index (χ2n) is 6.36. The number of rotatable bonds is 3. The van der Waals surface area contributed by atoms with Crippen LogP contribution >= 0.6 is 0 Å². The summed E-state index contributed by atoms with van der Waals surface area (Å²) in [5.74, 6) is 1.94. The van der Waals surface area contributed by atoms with E-state index in [9.17, 15) is 4.79 Å². The van der Waals surface area contributed by atoms with Crippen molar-refractivity contribution in [1.29, 1.82) is 0 Å². The minimum absolute atomic E-state index is 0.375. The number of carbonyl (C=O) groups excluding carboxylic acids is 1. The van der Waals surface area contributed by atoms with Gasteiger partial charge in [-0.3, -0.25) is 4.79 Å². The summed E-state index contributed by atoms with van der Waals surface area (Å²) in [5, 5.41) is 0. The molecular formula is C15H28N2O. The fourth-order valence-corrected chi connectivity index (χ4v) is 3.11. The van der Waals surface area contributed by atoms with E-state index in [0.29, 0.717) is 11.8 Å². The molecule has 0 spiro atoms. The first-order valence-electron chi connectivity index (χ1n) is 7.65. The third-order valence-electron chi connectivity index (χ3n) is 4.53. The SMILES string of the molecule is CC1CCN(CCC(=O)N2CCCC(C)C2)CC1. The zero-order valence-electron chi connectivity index (χ0n) is 12.0. The number of nitrogens with zero attached hydrogens (tertiary/aromatic N) is 2. The first-order valence-corrected chi connectivity index (χ1v) is 7.65. The average Bonchev–Trinajstić information content (AvgIpc) is 2.38. The van der Waals surface area contributed by atoms with Crippen LogP contribution < -0.4 is 0 Å². The highest BCUT2D eigenvalue weighted by atomic mass is 16.2. The smallest absolute Gasteiger partial charge is 0.223 e. The van der Waals surface area contributed by atoms with Crippen molar-refractivity contribution in [3.63, 3.8) is 0 Å². The number of amides is 1. The topological polar surface area (TPSA) is 23.6 Å². The Morgan fingerprint density at radius 1 is 1.06 bits per heavy atom. The van der Waals surface area contributed by atoms with E-state index >= 15 is 0 Å². The van der Waals surface area contributed by atoms with Crippen molar-refractivity contribution in [3.8, 4) is 0 Å². The largest absolute Gasteiger partial charge is 0.342 e. The van der Waals surface area contributed by atoms with Gasteiger partial charge in [0.05, 0.1) is 0 Å². The van der Waals surface area contributed by atoms with Crippen molar-refractivity contribution in [1.82, 2.24) is 9.80 Å². The zero-order chi connectivity index (χ0) is 13.0. The fourth-order valence-electron chi connectivity index (χ4n) is 3.11. The van der Waals surface area contributed by atoms with Crippen molar-refractivity contribution in [2.45, 2.75) is 46.0 Å². The monoisotopic (exact) mass is 252 g/mol. The first-order chi connectivity index (χ1) is 8.65. The molecule has 2 rings (SSSR count). The van der Waals surface area contributed by atoms with Gasteiger partial charge in [-0.2, -0.15) is 0 Å². The lowest BCUT2D eigenvalue weighted by atomic mass is 9.99. The molecule has 0 aromatic rings. The fraction of sp³-hybridized carbons (Fsp3) is 0.933. The summed E-state index contributed by atoms with van der Waals surface area (Å²) in [5.41, 5.74) is 0. The summed E-state index contributed by atoms with van der Waals surface area (Å²) in [6.45, 7) is 9.89. The van der Waals surface area contributed by atoms with Crippen LogP contribution in [0.4, 0.5) is 0 Å². The Balaban J connectivity index is 1.68. The third-order valence-corrected chi connectivity index (χ3v) is 4.53. The molecule has 0 radical (unpaired) electrons. The Kier molecular flexibility index (Phi) is 5.04. The molecule has 0 aromatic carbocycles. The van der Waals surface area contributed by atoms with E-state index in [1.54, 1.807) is 0 Å². The molecule has 0 N–H and O–H groups in total. The second kappa shape index (κ2) is 6.55. The van der Waals surface area contributed by atoms with Crippen LogP contribution in [0.25, 0.3) is 0 Å². The normalized spacial score (nSPS) is 27.4. The van der Waals surface area contributed by atoms with Gasteiger partial charge in [0.2, 0.25) is 5.91 Å². The van der Waals surface area contributed by atoms with Crippen LogP contribution in [0.2, 0.25) is 0 Å². The van der Waals surface area contributed by atoms with Gasteiger partial charge in [0.15, 0.2) is 0 Å². The Hall–Kier alpha value is -0.570. The summed E-state index contributed by atoms with van der Waals surface area (Å²) in [4.78, 5) is 16.7. The Morgan fingerprint density at radius 2 is 1.78 bits per heavy atom. The lowest BCUT2D eigenvalue weighted by Crippen LogP contribution is -2.41. The summed E-state index contributed by atoms with van der Waals surface area (Å²) >= 11 is 0. The van der Waals surface area contributed by atoms with E-state index in [0.717, 1.165) is 32.0 Å². The molecule has 2 heterocycles. The van der Waals surface area contributed by atoms with Crippen molar-refractivity contribution < 1.29 is 4.79 Å². The molecule has 0 aliphatic carbocycles. The van der Waals surface area contributed by atoms with Gasteiger partial charge < -0.3 is 9.80 Å². The van der Waals surface area contributed by atoms with Crippen molar-refractivity contribution >= 4 is 5.91 Å². The van der Waals surface area contributed by atoms with Gasteiger partial charge in [-0.05, 0) is 50.6 Å². The van der Waals surface area contributed by atoms with Gasteiger partial charge >= 0.3 is 0 Å². The molecule has 0 bridgehead atoms. The summed E-state index contributed by atoms with van der Waals surface area (Å²) in [6.07, 6.45) is 5.80. The van der Waals surface area contributed by atoms with E-state index in [4.69, 9.17) is 0 Å². The number of hydrogen-bond acceptors (Lipinski definition) is 2. The quantitative estimate of drug-likeness (QED) is 0.770.